The summed E-state index contributed by atoms with van der Waals surface area (Å²) >= 11 is 0. The summed E-state index contributed by atoms with van der Waals surface area (Å²) in [5, 5.41) is 4.25. The number of nitrogens with zero attached hydrogens (tertiary/aromatic N) is 4. The molecule has 28 heavy (non-hydrogen) atoms. The van der Waals surface area contributed by atoms with Gasteiger partial charge in [-0.3, -0.25) is 9.78 Å². The molecule has 0 radical (unpaired) electrons. The number of halogens is 4. The van der Waals surface area contributed by atoms with Crippen molar-refractivity contribution in [3.63, 3.8) is 0 Å². The summed E-state index contributed by atoms with van der Waals surface area (Å²) in [5.74, 6) is 0.270. The van der Waals surface area contributed by atoms with E-state index < -0.39 is 30.0 Å². The third-order valence-corrected chi connectivity index (χ3v) is 4.48. The van der Waals surface area contributed by atoms with Gasteiger partial charge in [-0.05, 0) is 24.1 Å². The maximum atomic E-state index is 13.5. The Kier molecular flexibility index (Phi) is 5.14. The first-order valence-corrected chi connectivity index (χ1v) is 8.59. The Hall–Kier alpha value is -2.91. The first-order valence-electron chi connectivity index (χ1n) is 8.59. The van der Waals surface area contributed by atoms with Gasteiger partial charge in [-0.2, -0.15) is 23.3 Å². The number of H-pyrrole nitrogens is 1. The summed E-state index contributed by atoms with van der Waals surface area (Å²) in [7, 11) is 3.38. The molecule has 3 rings (SSSR count). The van der Waals surface area contributed by atoms with Crippen LogP contribution >= 0.6 is 0 Å². The smallest absolute Gasteiger partial charge is 0.348 e. The SMILES string of the molecule is CC[C@H](c1ccc(C(F)(F)F)cc1)n1nc(CF)c2c(=O)[nH]c(N(C)C)nc21. The lowest BCUT2D eigenvalue weighted by molar-refractivity contribution is -0.137. The number of benzene rings is 1. The zero-order chi connectivity index (χ0) is 20.6. The average molecular weight is 397 g/mol. The molecule has 10 heteroatoms. The second-order valence-corrected chi connectivity index (χ2v) is 6.55. The number of nitrogens with one attached hydrogen (secondary N) is 1. The van der Waals surface area contributed by atoms with E-state index in [1.54, 1.807) is 19.0 Å². The van der Waals surface area contributed by atoms with E-state index >= 15 is 0 Å². The van der Waals surface area contributed by atoms with Crippen LogP contribution in [0.5, 0.6) is 0 Å². The average Bonchev–Trinajstić information content (AvgIpc) is 3.01. The van der Waals surface area contributed by atoms with Crippen molar-refractivity contribution in [3.05, 3.63) is 51.4 Å². The molecule has 150 valence electrons. The van der Waals surface area contributed by atoms with Crippen LogP contribution in [0.3, 0.4) is 0 Å². The van der Waals surface area contributed by atoms with E-state index in [2.05, 4.69) is 15.1 Å². The lowest BCUT2D eigenvalue weighted by Gasteiger charge is -2.18. The molecule has 0 saturated carbocycles. The first-order chi connectivity index (χ1) is 13.2. The van der Waals surface area contributed by atoms with Gasteiger partial charge in [-0.1, -0.05) is 19.1 Å². The molecule has 0 bridgehead atoms. The molecule has 1 atom stereocenters. The van der Waals surface area contributed by atoms with Crippen molar-refractivity contribution in [3.8, 4) is 0 Å². The van der Waals surface area contributed by atoms with Crippen LogP contribution in [0.15, 0.2) is 29.1 Å². The highest BCUT2D eigenvalue weighted by atomic mass is 19.4. The van der Waals surface area contributed by atoms with Gasteiger partial charge in [0, 0.05) is 14.1 Å². The molecule has 0 spiro atoms. The van der Waals surface area contributed by atoms with Crippen molar-refractivity contribution in [2.24, 2.45) is 0 Å². The summed E-state index contributed by atoms with van der Waals surface area (Å²) in [6, 6.07) is 4.20. The Labute approximate surface area is 157 Å². The number of hydrogen-bond donors (Lipinski definition) is 1. The fourth-order valence-electron chi connectivity index (χ4n) is 3.07. The maximum Gasteiger partial charge on any atom is 0.416 e. The van der Waals surface area contributed by atoms with Gasteiger partial charge in [0.1, 0.15) is 17.8 Å². The number of alkyl halides is 4. The van der Waals surface area contributed by atoms with Crippen LogP contribution in [0, 0.1) is 0 Å². The summed E-state index contributed by atoms with van der Waals surface area (Å²) < 4.78 is 53.4. The molecule has 2 aromatic heterocycles. The molecule has 0 saturated heterocycles. The highest BCUT2D eigenvalue weighted by molar-refractivity contribution is 5.78. The van der Waals surface area contributed by atoms with E-state index in [0.717, 1.165) is 12.1 Å². The number of fused-ring (bicyclic) bond motifs is 1. The fourth-order valence-corrected chi connectivity index (χ4v) is 3.07. The van der Waals surface area contributed by atoms with E-state index in [4.69, 9.17) is 0 Å². The quantitative estimate of drug-likeness (QED) is 0.667. The van der Waals surface area contributed by atoms with Crippen molar-refractivity contribution in [1.82, 2.24) is 19.7 Å². The number of hydrogen-bond acceptors (Lipinski definition) is 4. The summed E-state index contributed by atoms with van der Waals surface area (Å²) in [5.41, 5.74) is -0.592. The van der Waals surface area contributed by atoms with E-state index in [-0.39, 0.29) is 22.7 Å². The number of aromatic amines is 1. The van der Waals surface area contributed by atoms with Gasteiger partial charge in [0.2, 0.25) is 5.95 Å². The molecular formula is C18H19F4N5O. The Morgan fingerprint density at radius 1 is 1.21 bits per heavy atom. The van der Waals surface area contributed by atoms with Crippen LogP contribution in [0.1, 0.15) is 36.2 Å². The van der Waals surface area contributed by atoms with Crippen molar-refractivity contribution in [2.75, 3.05) is 19.0 Å². The van der Waals surface area contributed by atoms with Crippen LogP contribution < -0.4 is 10.5 Å². The molecule has 0 amide bonds. The van der Waals surface area contributed by atoms with Crippen LogP contribution in [-0.2, 0) is 12.9 Å². The predicted octanol–water partition coefficient (Wildman–Crippen LogP) is 3.67. The third-order valence-electron chi connectivity index (χ3n) is 4.48. The standard InChI is InChI=1S/C18H19F4N5O/c1-4-13(10-5-7-11(8-6-10)18(20,21)22)27-15-14(12(9-19)25-27)16(28)24-17(23-15)26(2)3/h5-8,13H,4,9H2,1-3H3,(H,23,24,28)/t13-/m1/s1. The van der Waals surface area contributed by atoms with Gasteiger partial charge in [-0.25, -0.2) is 9.07 Å². The summed E-state index contributed by atoms with van der Waals surface area (Å²) in [4.78, 5) is 21.0. The topological polar surface area (TPSA) is 66.8 Å². The van der Waals surface area contributed by atoms with Crippen molar-refractivity contribution in [2.45, 2.75) is 32.2 Å². The zero-order valence-corrected chi connectivity index (χ0v) is 15.5. The highest BCUT2D eigenvalue weighted by Crippen LogP contribution is 2.32. The lowest BCUT2D eigenvalue weighted by Crippen LogP contribution is -2.20. The lowest BCUT2D eigenvalue weighted by atomic mass is 10.0. The molecule has 0 unspecified atom stereocenters. The molecule has 0 aliphatic rings. The van der Waals surface area contributed by atoms with Crippen molar-refractivity contribution < 1.29 is 17.6 Å². The van der Waals surface area contributed by atoms with Crippen LogP contribution in [0.2, 0.25) is 0 Å². The van der Waals surface area contributed by atoms with Gasteiger partial charge < -0.3 is 4.90 Å². The van der Waals surface area contributed by atoms with E-state index in [0.29, 0.717) is 12.0 Å². The maximum absolute atomic E-state index is 13.5. The number of rotatable bonds is 5. The molecule has 2 heterocycles. The minimum Gasteiger partial charge on any atom is -0.348 e. The zero-order valence-electron chi connectivity index (χ0n) is 15.5. The number of aromatic nitrogens is 4. The van der Waals surface area contributed by atoms with E-state index in [9.17, 15) is 22.4 Å². The Balaban J connectivity index is 2.18. The minimum atomic E-state index is -4.44. The second kappa shape index (κ2) is 7.25. The molecular weight excluding hydrogens is 378 g/mol. The van der Waals surface area contributed by atoms with Gasteiger partial charge in [-0.15, -0.1) is 0 Å². The minimum absolute atomic E-state index is 0.0402. The fraction of sp³-hybridized carbons (Fsp3) is 0.389. The summed E-state index contributed by atoms with van der Waals surface area (Å²) in [6.45, 7) is 0.865. The normalized spacial score (nSPS) is 13.1. The monoisotopic (exact) mass is 397 g/mol. The molecule has 1 aromatic carbocycles. The highest BCUT2D eigenvalue weighted by Gasteiger charge is 2.30. The molecule has 6 nitrogen and oxygen atoms in total. The van der Waals surface area contributed by atoms with Gasteiger partial charge in [0.15, 0.2) is 5.65 Å². The van der Waals surface area contributed by atoms with Crippen molar-refractivity contribution in [1.29, 1.82) is 0 Å². The van der Waals surface area contributed by atoms with Crippen LogP contribution in [0.4, 0.5) is 23.5 Å². The Morgan fingerprint density at radius 2 is 1.86 bits per heavy atom. The molecule has 0 aliphatic carbocycles. The molecule has 0 fully saturated rings. The molecule has 1 N–H and O–H groups in total. The Bertz CT molecular complexity index is 1040. The van der Waals surface area contributed by atoms with Gasteiger partial charge >= 0.3 is 6.18 Å². The van der Waals surface area contributed by atoms with Crippen LogP contribution in [-0.4, -0.2) is 33.8 Å². The summed E-state index contributed by atoms with van der Waals surface area (Å²) in [6.07, 6.45) is -3.98. The van der Waals surface area contributed by atoms with E-state index in [1.165, 1.54) is 16.8 Å². The third kappa shape index (κ3) is 3.46. The van der Waals surface area contributed by atoms with Crippen molar-refractivity contribution >= 4 is 17.0 Å². The molecule has 3 aromatic rings. The Morgan fingerprint density at radius 3 is 2.36 bits per heavy atom. The molecule has 0 aliphatic heterocycles. The predicted molar refractivity (Wildman–Crippen MR) is 97.2 cm³/mol. The van der Waals surface area contributed by atoms with Gasteiger partial charge in [0.05, 0.1) is 11.6 Å². The first kappa shape index (κ1) is 19.8. The second-order valence-electron chi connectivity index (χ2n) is 6.55. The van der Waals surface area contributed by atoms with Gasteiger partial charge in [0.25, 0.3) is 5.56 Å². The number of anilines is 1. The van der Waals surface area contributed by atoms with E-state index in [1.807, 2.05) is 6.92 Å². The largest absolute Gasteiger partial charge is 0.416 e. The van der Waals surface area contributed by atoms with Crippen LogP contribution in [0.25, 0.3) is 11.0 Å².